The number of benzene rings is 1. The van der Waals surface area contributed by atoms with Crippen LogP contribution in [0, 0.1) is 5.92 Å². The van der Waals surface area contributed by atoms with E-state index in [1.807, 2.05) is 63.2 Å². The summed E-state index contributed by atoms with van der Waals surface area (Å²) in [7, 11) is 0. The van der Waals surface area contributed by atoms with Gasteiger partial charge in [0, 0.05) is 24.0 Å². The molecule has 0 aliphatic heterocycles. The molecule has 0 spiro atoms. The third-order valence-corrected chi connectivity index (χ3v) is 4.17. The standard InChI is InChI=1S/C21H22N4O2/c1-14(2)19(21-24-20(25-27-21)17-10-7-11-22-13-17)23-18(26)12-15(3)16-8-5-4-6-9-16/h4-14,19H,1-3H3,(H,23,26)/b15-12-. The van der Waals surface area contributed by atoms with Gasteiger partial charge in [-0.2, -0.15) is 4.98 Å². The van der Waals surface area contributed by atoms with Crippen LogP contribution in [0.1, 0.15) is 38.3 Å². The fraction of sp³-hybridized carbons (Fsp3) is 0.238. The molecule has 0 fully saturated rings. The quantitative estimate of drug-likeness (QED) is 0.669. The predicted molar refractivity (Wildman–Crippen MR) is 103 cm³/mol. The van der Waals surface area contributed by atoms with Gasteiger partial charge in [0.05, 0.1) is 0 Å². The number of hydrogen-bond acceptors (Lipinski definition) is 5. The van der Waals surface area contributed by atoms with Crippen molar-refractivity contribution in [1.82, 2.24) is 20.4 Å². The number of aromatic nitrogens is 3. The summed E-state index contributed by atoms with van der Waals surface area (Å²) >= 11 is 0. The van der Waals surface area contributed by atoms with Gasteiger partial charge in [0.15, 0.2) is 0 Å². The number of nitrogens with zero attached hydrogens (tertiary/aromatic N) is 3. The minimum absolute atomic E-state index is 0.0848. The third-order valence-electron chi connectivity index (χ3n) is 4.17. The molecular formula is C21H22N4O2. The Balaban J connectivity index is 1.77. The van der Waals surface area contributed by atoms with Gasteiger partial charge >= 0.3 is 0 Å². The second kappa shape index (κ2) is 8.40. The van der Waals surface area contributed by atoms with Gasteiger partial charge in [0.1, 0.15) is 6.04 Å². The summed E-state index contributed by atoms with van der Waals surface area (Å²) < 4.78 is 5.41. The third kappa shape index (κ3) is 4.67. The molecule has 1 amide bonds. The number of allylic oxidation sites excluding steroid dienone is 1. The molecule has 0 aliphatic rings. The van der Waals surface area contributed by atoms with Gasteiger partial charge in [-0.3, -0.25) is 9.78 Å². The van der Waals surface area contributed by atoms with E-state index in [-0.39, 0.29) is 17.9 Å². The van der Waals surface area contributed by atoms with Crippen LogP contribution in [0.4, 0.5) is 0 Å². The Labute approximate surface area is 158 Å². The van der Waals surface area contributed by atoms with E-state index in [9.17, 15) is 4.79 Å². The fourth-order valence-corrected chi connectivity index (χ4v) is 2.66. The van der Waals surface area contributed by atoms with E-state index < -0.39 is 0 Å². The van der Waals surface area contributed by atoms with E-state index in [4.69, 9.17) is 4.52 Å². The molecule has 0 aliphatic carbocycles. The highest BCUT2D eigenvalue weighted by Gasteiger charge is 2.24. The largest absolute Gasteiger partial charge is 0.340 e. The van der Waals surface area contributed by atoms with Crippen LogP contribution in [-0.2, 0) is 4.79 Å². The number of nitrogens with one attached hydrogen (secondary N) is 1. The highest BCUT2D eigenvalue weighted by Crippen LogP contribution is 2.23. The number of carbonyl (C=O) groups excluding carboxylic acids is 1. The molecule has 0 saturated heterocycles. The molecule has 0 saturated carbocycles. The van der Waals surface area contributed by atoms with Crippen molar-refractivity contribution in [2.24, 2.45) is 5.92 Å². The maximum Gasteiger partial charge on any atom is 0.249 e. The van der Waals surface area contributed by atoms with Crippen LogP contribution in [0.5, 0.6) is 0 Å². The van der Waals surface area contributed by atoms with Gasteiger partial charge in [0.2, 0.25) is 17.6 Å². The fourth-order valence-electron chi connectivity index (χ4n) is 2.66. The number of pyridine rings is 1. The number of rotatable bonds is 6. The summed E-state index contributed by atoms with van der Waals surface area (Å²) in [5.74, 6) is 0.717. The lowest BCUT2D eigenvalue weighted by molar-refractivity contribution is -0.117. The van der Waals surface area contributed by atoms with E-state index in [1.165, 1.54) is 0 Å². The van der Waals surface area contributed by atoms with Gasteiger partial charge in [-0.15, -0.1) is 0 Å². The van der Waals surface area contributed by atoms with Crippen LogP contribution >= 0.6 is 0 Å². The van der Waals surface area contributed by atoms with Crippen LogP contribution in [-0.4, -0.2) is 21.0 Å². The zero-order chi connectivity index (χ0) is 19.2. The Kier molecular flexibility index (Phi) is 5.76. The first-order chi connectivity index (χ1) is 13.0. The van der Waals surface area contributed by atoms with Crippen LogP contribution in [0.15, 0.2) is 65.5 Å². The van der Waals surface area contributed by atoms with Crippen molar-refractivity contribution in [3.63, 3.8) is 0 Å². The minimum Gasteiger partial charge on any atom is -0.340 e. The van der Waals surface area contributed by atoms with E-state index in [0.29, 0.717) is 11.7 Å². The van der Waals surface area contributed by atoms with Crippen molar-refractivity contribution in [2.75, 3.05) is 0 Å². The van der Waals surface area contributed by atoms with Gasteiger partial charge in [-0.1, -0.05) is 49.3 Å². The van der Waals surface area contributed by atoms with Crippen molar-refractivity contribution in [2.45, 2.75) is 26.8 Å². The molecule has 0 radical (unpaired) electrons. The predicted octanol–water partition coefficient (Wildman–Crippen LogP) is 4.05. The highest BCUT2D eigenvalue weighted by atomic mass is 16.5. The smallest absolute Gasteiger partial charge is 0.249 e. The van der Waals surface area contributed by atoms with E-state index in [1.54, 1.807) is 18.5 Å². The maximum absolute atomic E-state index is 12.5. The first-order valence-electron chi connectivity index (χ1n) is 8.83. The van der Waals surface area contributed by atoms with Crippen molar-refractivity contribution in [3.8, 4) is 11.4 Å². The van der Waals surface area contributed by atoms with Crippen LogP contribution in [0.25, 0.3) is 17.0 Å². The van der Waals surface area contributed by atoms with Gasteiger partial charge < -0.3 is 9.84 Å². The second-order valence-corrected chi connectivity index (χ2v) is 6.62. The lowest BCUT2D eigenvalue weighted by Gasteiger charge is -2.17. The molecule has 0 bridgehead atoms. The summed E-state index contributed by atoms with van der Waals surface area (Å²) in [5, 5.41) is 6.98. The van der Waals surface area contributed by atoms with Crippen molar-refractivity contribution in [3.05, 3.63) is 72.4 Å². The summed E-state index contributed by atoms with van der Waals surface area (Å²) in [4.78, 5) is 21.0. The Hall–Kier alpha value is -3.28. The van der Waals surface area contributed by atoms with Crippen molar-refractivity contribution >= 4 is 11.5 Å². The summed E-state index contributed by atoms with van der Waals surface area (Å²) in [6.45, 7) is 5.89. The Bertz CT molecular complexity index is 918. The summed E-state index contributed by atoms with van der Waals surface area (Å²) in [6.07, 6.45) is 4.94. The summed E-state index contributed by atoms with van der Waals surface area (Å²) in [5.41, 5.74) is 2.66. The zero-order valence-electron chi connectivity index (χ0n) is 15.6. The molecule has 1 N–H and O–H groups in total. The summed E-state index contributed by atoms with van der Waals surface area (Å²) in [6, 6.07) is 13.1. The molecule has 3 aromatic rings. The normalized spacial score (nSPS) is 12.8. The number of hydrogen-bond donors (Lipinski definition) is 1. The van der Waals surface area contributed by atoms with Crippen LogP contribution in [0.2, 0.25) is 0 Å². The van der Waals surface area contributed by atoms with Crippen molar-refractivity contribution in [1.29, 1.82) is 0 Å². The molecule has 27 heavy (non-hydrogen) atoms. The second-order valence-electron chi connectivity index (χ2n) is 6.62. The molecule has 2 aromatic heterocycles. The first-order valence-corrected chi connectivity index (χ1v) is 8.83. The molecule has 3 rings (SSSR count). The Morgan fingerprint density at radius 1 is 1.15 bits per heavy atom. The number of carbonyl (C=O) groups is 1. The van der Waals surface area contributed by atoms with E-state index >= 15 is 0 Å². The minimum atomic E-state index is -0.379. The maximum atomic E-state index is 12.5. The Morgan fingerprint density at radius 3 is 2.59 bits per heavy atom. The molecule has 2 heterocycles. The number of amides is 1. The van der Waals surface area contributed by atoms with Crippen LogP contribution < -0.4 is 5.32 Å². The van der Waals surface area contributed by atoms with Crippen LogP contribution in [0.3, 0.4) is 0 Å². The van der Waals surface area contributed by atoms with E-state index in [2.05, 4.69) is 20.4 Å². The van der Waals surface area contributed by atoms with E-state index in [0.717, 1.165) is 16.7 Å². The van der Waals surface area contributed by atoms with Gasteiger partial charge in [-0.25, -0.2) is 0 Å². The van der Waals surface area contributed by atoms with Gasteiger partial charge in [-0.05, 0) is 36.1 Å². The zero-order valence-corrected chi connectivity index (χ0v) is 15.6. The molecular weight excluding hydrogens is 340 g/mol. The topological polar surface area (TPSA) is 80.9 Å². The lowest BCUT2D eigenvalue weighted by atomic mass is 10.0. The molecule has 1 atom stereocenters. The lowest BCUT2D eigenvalue weighted by Crippen LogP contribution is -2.30. The molecule has 6 heteroatoms. The molecule has 1 unspecified atom stereocenters. The first kappa shape index (κ1) is 18.5. The SMILES string of the molecule is C/C(=C/C(=O)NC(c1nc(-c2cccnc2)no1)C(C)C)c1ccccc1. The highest BCUT2D eigenvalue weighted by molar-refractivity contribution is 5.95. The van der Waals surface area contributed by atoms with Crippen molar-refractivity contribution < 1.29 is 9.32 Å². The average Bonchev–Trinajstić information content (AvgIpc) is 3.17. The average molecular weight is 362 g/mol. The Morgan fingerprint density at radius 2 is 1.93 bits per heavy atom. The molecule has 6 nitrogen and oxygen atoms in total. The molecule has 138 valence electrons. The monoisotopic (exact) mass is 362 g/mol. The van der Waals surface area contributed by atoms with Gasteiger partial charge in [0.25, 0.3) is 0 Å². The molecule has 1 aromatic carbocycles.